The van der Waals surface area contributed by atoms with Gasteiger partial charge in [-0.05, 0) is 49.1 Å². The van der Waals surface area contributed by atoms with Gasteiger partial charge in [-0.25, -0.2) is 8.42 Å². The molecular formula is C22H33IN4O4S. The van der Waals surface area contributed by atoms with Crippen molar-refractivity contribution in [3.05, 3.63) is 54.0 Å². The Bertz CT molecular complexity index is 929. The zero-order valence-electron chi connectivity index (χ0n) is 18.5. The lowest BCUT2D eigenvalue weighted by Gasteiger charge is -2.26. The van der Waals surface area contributed by atoms with Crippen LogP contribution in [0.15, 0.2) is 57.0 Å². The molecule has 1 saturated heterocycles. The molecule has 8 nitrogen and oxygen atoms in total. The first-order valence-corrected chi connectivity index (χ1v) is 12.2. The molecule has 0 amide bonds. The van der Waals surface area contributed by atoms with Crippen molar-refractivity contribution >= 4 is 40.0 Å². The molecule has 0 saturated carbocycles. The second-order valence-electron chi connectivity index (χ2n) is 7.45. The third-order valence-corrected chi connectivity index (χ3v) is 7.01. The molecular weight excluding hydrogens is 543 g/mol. The van der Waals surface area contributed by atoms with Crippen LogP contribution in [-0.2, 0) is 27.9 Å². The smallest absolute Gasteiger partial charge is 0.243 e. The predicted molar refractivity (Wildman–Crippen MR) is 136 cm³/mol. The number of hydrogen-bond donors (Lipinski definition) is 2. The standard InChI is InChI=1S/C22H32N4O4S.HI/c1-23-22(24-11-7-14-29-18-20-9-6-15-30-20)25-17-19-8-5-10-21(16-19)31(27,28)26-12-3-2-4-13-26;/h5-6,8-10,15-16H,2-4,7,11-14,17-18H2,1H3,(H2,23,24,25);1H. The van der Waals surface area contributed by atoms with E-state index >= 15 is 0 Å². The SMILES string of the molecule is CN=C(NCCCOCc1ccco1)NCc1cccc(S(=O)(=O)N2CCCCC2)c1.I. The van der Waals surface area contributed by atoms with E-state index in [1.165, 1.54) is 0 Å². The highest BCUT2D eigenvalue weighted by Crippen LogP contribution is 2.21. The fraction of sp³-hybridized carbons (Fsp3) is 0.500. The highest BCUT2D eigenvalue weighted by atomic mass is 127. The Balaban J connectivity index is 0.00000363. The lowest BCUT2D eigenvalue weighted by molar-refractivity contribution is 0.105. The Morgan fingerprint density at radius 3 is 2.69 bits per heavy atom. The molecule has 2 N–H and O–H groups in total. The molecule has 0 aliphatic carbocycles. The van der Waals surface area contributed by atoms with Gasteiger partial charge in [-0.1, -0.05) is 18.6 Å². The molecule has 0 bridgehead atoms. The molecule has 32 heavy (non-hydrogen) atoms. The minimum atomic E-state index is -3.43. The Morgan fingerprint density at radius 2 is 1.97 bits per heavy atom. The Morgan fingerprint density at radius 1 is 1.16 bits per heavy atom. The molecule has 1 aliphatic heterocycles. The number of guanidine groups is 1. The highest BCUT2D eigenvalue weighted by molar-refractivity contribution is 14.0. The highest BCUT2D eigenvalue weighted by Gasteiger charge is 2.25. The monoisotopic (exact) mass is 576 g/mol. The summed E-state index contributed by atoms with van der Waals surface area (Å²) >= 11 is 0. The maximum atomic E-state index is 12.9. The maximum absolute atomic E-state index is 12.9. The fourth-order valence-corrected chi connectivity index (χ4v) is 5.01. The number of rotatable bonds is 10. The van der Waals surface area contributed by atoms with Crippen molar-refractivity contribution < 1.29 is 17.6 Å². The van der Waals surface area contributed by atoms with Crippen LogP contribution in [0.3, 0.4) is 0 Å². The quantitative estimate of drug-likeness (QED) is 0.195. The summed E-state index contributed by atoms with van der Waals surface area (Å²) in [7, 11) is -1.72. The second-order valence-corrected chi connectivity index (χ2v) is 9.39. The average Bonchev–Trinajstić information content (AvgIpc) is 3.32. The maximum Gasteiger partial charge on any atom is 0.243 e. The largest absolute Gasteiger partial charge is 0.467 e. The van der Waals surface area contributed by atoms with Crippen LogP contribution in [0.25, 0.3) is 0 Å². The molecule has 178 valence electrons. The summed E-state index contributed by atoms with van der Waals surface area (Å²) < 4.78 is 38.2. The molecule has 0 atom stereocenters. The molecule has 1 aromatic heterocycles. The molecule has 0 spiro atoms. The van der Waals surface area contributed by atoms with E-state index < -0.39 is 10.0 Å². The van der Waals surface area contributed by atoms with Gasteiger partial charge >= 0.3 is 0 Å². The molecule has 0 radical (unpaired) electrons. The zero-order valence-corrected chi connectivity index (χ0v) is 21.6. The Hall–Kier alpha value is -1.63. The van der Waals surface area contributed by atoms with Gasteiger partial charge in [0.15, 0.2) is 5.96 Å². The van der Waals surface area contributed by atoms with Gasteiger partial charge in [0.25, 0.3) is 0 Å². The second kappa shape index (κ2) is 13.8. The van der Waals surface area contributed by atoms with Gasteiger partial charge in [-0.2, -0.15) is 4.31 Å². The van der Waals surface area contributed by atoms with Gasteiger partial charge in [0.1, 0.15) is 12.4 Å². The molecule has 1 aromatic carbocycles. The normalized spacial score (nSPS) is 15.2. The van der Waals surface area contributed by atoms with E-state index in [1.807, 2.05) is 18.2 Å². The van der Waals surface area contributed by atoms with Crippen molar-refractivity contribution in [1.82, 2.24) is 14.9 Å². The molecule has 3 rings (SSSR count). The average molecular weight is 577 g/mol. The van der Waals surface area contributed by atoms with Gasteiger partial charge in [0.05, 0.1) is 11.2 Å². The first-order chi connectivity index (χ1) is 15.1. The number of aliphatic imine (C=N–C) groups is 1. The van der Waals surface area contributed by atoms with E-state index in [2.05, 4.69) is 15.6 Å². The topological polar surface area (TPSA) is 96.2 Å². The van der Waals surface area contributed by atoms with Crippen molar-refractivity contribution in [2.45, 2.75) is 43.7 Å². The number of benzene rings is 1. The van der Waals surface area contributed by atoms with E-state index in [0.717, 1.165) is 37.0 Å². The summed E-state index contributed by atoms with van der Waals surface area (Å²) in [5.74, 6) is 1.48. The van der Waals surface area contributed by atoms with E-state index in [-0.39, 0.29) is 24.0 Å². The van der Waals surface area contributed by atoms with Gasteiger partial charge < -0.3 is 19.8 Å². The number of nitrogens with zero attached hydrogens (tertiary/aromatic N) is 2. The summed E-state index contributed by atoms with van der Waals surface area (Å²) in [6.45, 7) is 3.48. The molecule has 1 aliphatic rings. The fourth-order valence-electron chi connectivity index (χ4n) is 3.43. The molecule has 1 fully saturated rings. The van der Waals surface area contributed by atoms with Crippen LogP contribution in [0, 0.1) is 0 Å². The summed E-state index contributed by atoms with van der Waals surface area (Å²) in [4.78, 5) is 4.57. The van der Waals surface area contributed by atoms with Crippen LogP contribution >= 0.6 is 24.0 Å². The van der Waals surface area contributed by atoms with E-state index in [4.69, 9.17) is 9.15 Å². The number of ether oxygens (including phenoxy) is 1. The molecule has 2 heterocycles. The van der Waals surface area contributed by atoms with E-state index in [0.29, 0.717) is 50.2 Å². The lowest BCUT2D eigenvalue weighted by Crippen LogP contribution is -2.37. The number of piperidine rings is 1. The molecule has 0 unspecified atom stereocenters. The van der Waals surface area contributed by atoms with Crippen molar-refractivity contribution in [3.63, 3.8) is 0 Å². The number of nitrogens with one attached hydrogen (secondary N) is 2. The van der Waals surface area contributed by atoms with Crippen molar-refractivity contribution in [1.29, 1.82) is 0 Å². The zero-order chi connectivity index (χ0) is 21.9. The first-order valence-electron chi connectivity index (χ1n) is 10.7. The van der Waals surface area contributed by atoms with E-state index in [9.17, 15) is 8.42 Å². The van der Waals surface area contributed by atoms with Gasteiger partial charge in [-0.3, -0.25) is 4.99 Å². The van der Waals surface area contributed by atoms with Crippen molar-refractivity contribution in [2.24, 2.45) is 4.99 Å². The lowest BCUT2D eigenvalue weighted by atomic mass is 10.2. The Labute approximate surface area is 207 Å². The van der Waals surface area contributed by atoms with Crippen LogP contribution in [0.1, 0.15) is 37.0 Å². The number of hydrogen-bond acceptors (Lipinski definition) is 5. The van der Waals surface area contributed by atoms with Crippen molar-refractivity contribution in [3.8, 4) is 0 Å². The van der Waals surface area contributed by atoms with Crippen LogP contribution < -0.4 is 10.6 Å². The first kappa shape index (κ1) is 26.6. The summed E-state index contributed by atoms with van der Waals surface area (Å²) in [6, 6.07) is 10.8. The van der Waals surface area contributed by atoms with Crippen LogP contribution in [0.2, 0.25) is 0 Å². The number of halogens is 1. The summed E-state index contributed by atoms with van der Waals surface area (Å²) in [5.41, 5.74) is 0.891. The van der Waals surface area contributed by atoms with Crippen LogP contribution in [0.5, 0.6) is 0 Å². The Kier molecular flexibility index (Phi) is 11.5. The summed E-state index contributed by atoms with van der Waals surface area (Å²) in [5, 5.41) is 6.47. The summed E-state index contributed by atoms with van der Waals surface area (Å²) in [6.07, 6.45) is 5.41. The van der Waals surface area contributed by atoms with Crippen molar-refractivity contribution in [2.75, 3.05) is 33.3 Å². The van der Waals surface area contributed by atoms with Gasteiger partial charge in [0.2, 0.25) is 10.0 Å². The predicted octanol–water partition coefficient (Wildman–Crippen LogP) is 3.34. The molecule has 10 heteroatoms. The van der Waals surface area contributed by atoms with Gasteiger partial charge in [-0.15, -0.1) is 24.0 Å². The number of sulfonamides is 1. The minimum absolute atomic E-state index is 0. The van der Waals surface area contributed by atoms with E-state index in [1.54, 1.807) is 35.8 Å². The van der Waals surface area contributed by atoms with Crippen LogP contribution in [0.4, 0.5) is 0 Å². The molecule has 2 aromatic rings. The van der Waals surface area contributed by atoms with Gasteiger partial charge in [0, 0.05) is 39.8 Å². The number of furan rings is 1. The third kappa shape index (κ3) is 8.05. The third-order valence-electron chi connectivity index (χ3n) is 5.12. The minimum Gasteiger partial charge on any atom is -0.467 e. The van der Waals surface area contributed by atoms with Crippen LogP contribution in [-0.4, -0.2) is 52.0 Å².